The van der Waals surface area contributed by atoms with Crippen molar-refractivity contribution >= 4 is 23.7 Å². The summed E-state index contributed by atoms with van der Waals surface area (Å²) in [5.74, 6) is -1.17. The van der Waals surface area contributed by atoms with Gasteiger partial charge in [-0.1, -0.05) is 18.2 Å². The van der Waals surface area contributed by atoms with E-state index in [0.717, 1.165) is 6.42 Å². The van der Waals surface area contributed by atoms with E-state index in [1.54, 1.807) is 6.07 Å². The van der Waals surface area contributed by atoms with Crippen molar-refractivity contribution in [1.82, 2.24) is 10.4 Å². The van der Waals surface area contributed by atoms with Gasteiger partial charge in [0.05, 0.1) is 6.42 Å². The van der Waals surface area contributed by atoms with E-state index in [1.165, 1.54) is 11.1 Å². The molecule has 0 aromatic heterocycles. The predicted molar refractivity (Wildman–Crippen MR) is 89.8 cm³/mol. The van der Waals surface area contributed by atoms with Crippen LogP contribution in [0.1, 0.15) is 59.0 Å². The van der Waals surface area contributed by atoms with Gasteiger partial charge in [-0.05, 0) is 29.7 Å². The highest BCUT2D eigenvalue weighted by Gasteiger charge is 2.33. The Balaban J connectivity index is 1.28. The van der Waals surface area contributed by atoms with Crippen LogP contribution in [0.5, 0.6) is 0 Å². The Kier molecular flexibility index (Phi) is 4.06. The molecule has 1 saturated heterocycles. The van der Waals surface area contributed by atoms with Crippen molar-refractivity contribution in [3.05, 3.63) is 47.0 Å². The molecule has 2 aliphatic carbocycles. The molecule has 134 valence electrons. The molecule has 3 amide bonds. The van der Waals surface area contributed by atoms with Crippen molar-refractivity contribution in [2.24, 2.45) is 0 Å². The number of hydroxylamine groups is 2. The summed E-state index contributed by atoms with van der Waals surface area (Å²) in [5, 5.41) is 3.17. The van der Waals surface area contributed by atoms with Gasteiger partial charge in [0.25, 0.3) is 17.7 Å². The van der Waals surface area contributed by atoms with Crippen LogP contribution < -0.4 is 5.32 Å². The lowest BCUT2D eigenvalue weighted by Gasteiger charge is -2.13. The molecule has 26 heavy (non-hydrogen) atoms. The molecule has 1 fully saturated rings. The fourth-order valence-electron chi connectivity index (χ4n) is 3.72. The van der Waals surface area contributed by atoms with Gasteiger partial charge in [0, 0.05) is 36.8 Å². The number of hydrogen-bond acceptors (Lipinski definition) is 5. The summed E-state index contributed by atoms with van der Waals surface area (Å²) >= 11 is 0. The third kappa shape index (κ3) is 2.89. The number of rotatable bonds is 5. The van der Waals surface area contributed by atoms with Crippen LogP contribution in [0.3, 0.4) is 0 Å². The molecule has 0 spiro atoms. The second-order valence-corrected chi connectivity index (χ2v) is 6.73. The zero-order valence-corrected chi connectivity index (χ0v) is 14.1. The first-order valence-electron chi connectivity index (χ1n) is 8.70. The number of nitrogens with zero attached hydrogens (tertiary/aromatic N) is 1. The normalized spacial score (nSPS) is 22.7. The van der Waals surface area contributed by atoms with E-state index in [4.69, 9.17) is 4.84 Å². The lowest BCUT2D eigenvalue weighted by atomic mass is 9.95. The van der Waals surface area contributed by atoms with Gasteiger partial charge >= 0.3 is 5.97 Å². The molecular formula is C19H18N2O5. The number of imide groups is 1. The van der Waals surface area contributed by atoms with E-state index in [-0.39, 0.29) is 31.7 Å². The zero-order valence-electron chi connectivity index (χ0n) is 14.1. The smallest absolute Gasteiger partial charge is 0.334 e. The Hall–Kier alpha value is -2.96. The predicted octanol–water partition coefficient (Wildman–Crippen LogP) is 1.55. The van der Waals surface area contributed by atoms with Crippen LogP contribution in [0, 0.1) is 0 Å². The van der Waals surface area contributed by atoms with E-state index < -0.39 is 17.8 Å². The number of fused-ring (bicyclic) bond motifs is 5. The number of benzene rings is 1. The summed E-state index contributed by atoms with van der Waals surface area (Å²) in [6, 6.07) is 5.71. The van der Waals surface area contributed by atoms with Crippen molar-refractivity contribution in [2.45, 2.75) is 37.5 Å². The number of carbonyl (C=O) groups is 4. The van der Waals surface area contributed by atoms with Gasteiger partial charge < -0.3 is 10.2 Å². The highest BCUT2D eigenvalue weighted by molar-refractivity contribution is 6.01. The quantitative estimate of drug-likeness (QED) is 0.640. The molecule has 4 rings (SSSR count). The van der Waals surface area contributed by atoms with Gasteiger partial charge in [0.1, 0.15) is 0 Å². The summed E-state index contributed by atoms with van der Waals surface area (Å²) in [7, 11) is 0. The number of hydrogen-bond donors (Lipinski definition) is 1. The van der Waals surface area contributed by atoms with E-state index in [1.807, 2.05) is 12.1 Å². The molecule has 2 atom stereocenters. The molecule has 3 aliphatic rings. The van der Waals surface area contributed by atoms with E-state index in [0.29, 0.717) is 22.5 Å². The maximum absolute atomic E-state index is 12.3. The minimum absolute atomic E-state index is 0.0538. The van der Waals surface area contributed by atoms with E-state index >= 15 is 0 Å². The summed E-state index contributed by atoms with van der Waals surface area (Å²) in [6.45, 7) is 0.0664. The first kappa shape index (κ1) is 16.5. The Bertz CT molecular complexity index is 828. The van der Waals surface area contributed by atoms with Gasteiger partial charge in [-0.3, -0.25) is 14.4 Å². The van der Waals surface area contributed by atoms with E-state index in [9.17, 15) is 19.2 Å². The van der Waals surface area contributed by atoms with E-state index in [2.05, 4.69) is 17.5 Å². The Morgan fingerprint density at radius 2 is 1.77 bits per heavy atom. The topological polar surface area (TPSA) is 92.8 Å². The Labute approximate surface area is 149 Å². The summed E-state index contributed by atoms with van der Waals surface area (Å²) in [5.41, 5.74) is 3.05. The fraction of sp³-hybridized carbons (Fsp3) is 0.368. The second-order valence-electron chi connectivity index (χ2n) is 6.73. The summed E-state index contributed by atoms with van der Waals surface area (Å²) in [6.07, 6.45) is 5.47. The average Bonchev–Trinajstić information content (AvgIpc) is 3.33. The van der Waals surface area contributed by atoms with Gasteiger partial charge in [0.15, 0.2) is 0 Å². The zero-order chi connectivity index (χ0) is 18.3. The molecular weight excluding hydrogens is 336 g/mol. The van der Waals surface area contributed by atoms with Crippen molar-refractivity contribution in [2.75, 3.05) is 6.54 Å². The minimum Gasteiger partial charge on any atom is -0.351 e. The van der Waals surface area contributed by atoms with Crippen LogP contribution in [0.4, 0.5) is 0 Å². The van der Waals surface area contributed by atoms with Crippen molar-refractivity contribution in [3.8, 4) is 0 Å². The molecule has 1 aliphatic heterocycles. The third-order valence-electron chi connectivity index (χ3n) is 5.05. The maximum Gasteiger partial charge on any atom is 0.334 e. The molecule has 2 unspecified atom stereocenters. The first-order chi connectivity index (χ1) is 12.5. The number of allylic oxidation sites excluding steroid dienone is 2. The molecule has 1 aromatic carbocycles. The summed E-state index contributed by atoms with van der Waals surface area (Å²) < 4.78 is 0. The first-order valence-corrected chi connectivity index (χ1v) is 8.70. The molecule has 0 radical (unpaired) electrons. The Morgan fingerprint density at radius 1 is 1.08 bits per heavy atom. The van der Waals surface area contributed by atoms with Gasteiger partial charge in [-0.15, -0.1) is 5.06 Å². The highest BCUT2D eigenvalue weighted by Crippen LogP contribution is 2.48. The van der Waals surface area contributed by atoms with Crippen molar-refractivity contribution in [1.29, 1.82) is 0 Å². The second kappa shape index (κ2) is 6.40. The van der Waals surface area contributed by atoms with Crippen LogP contribution in [-0.2, 0) is 19.2 Å². The average molecular weight is 354 g/mol. The Morgan fingerprint density at radius 3 is 2.50 bits per heavy atom. The summed E-state index contributed by atoms with van der Waals surface area (Å²) in [4.78, 5) is 51.5. The van der Waals surface area contributed by atoms with Crippen LogP contribution in [-0.4, -0.2) is 35.3 Å². The standard InChI is InChI=1S/C19H18N2O5/c22-16-5-6-17(23)21(16)26-18(24)7-8-20-19(25)13-3-4-14-11-1-2-12(9-11)15(14)10-13/h1-4,10-12H,5-9H2,(H,20,25). The molecule has 1 aromatic rings. The monoisotopic (exact) mass is 354 g/mol. The van der Waals surface area contributed by atoms with Gasteiger partial charge in [0.2, 0.25) is 0 Å². The van der Waals surface area contributed by atoms with Crippen molar-refractivity contribution < 1.29 is 24.0 Å². The minimum atomic E-state index is -0.731. The molecule has 7 heteroatoms. The van der Waals surface area contributed by atoms with Gasteiger partial charge in [-0.25, -0.2) is 4.79 Å². The third-order valence-corrected chi connectivity index (χ3v) is 5.05. The van der Waals surface area contributed by atoms with Crippen LogP contribution in [0.2, 0.25) is 0 Å². The molecule has 7 nitrogen and oxygen atoms in total. The molecule has 2 bridgehead atoms. The largest absolute Gasteiger partial charge is 0.351 e. The molecule has 1 N–H and O–H groups in total. The van der Waals surface area contributed by atoms with Crippen LogP contribution >= 0.6 is 0 Å². The SMILES string of the molecule is O=C(CCNC(=O)c1ccc2c(c1)C1C=CC2C1)ON1C(=O)CCC1=O. The highest BCUT2D eigenvalue weighted by atomic mass is 16.7. The number of nitrogens with one attached hydrogen (secondary N) is 1. The van der Waals surface area contributed by atoms with Crippen LogP contribution in [0.25, 0.3) is 0 Å². The fourth-order valence-corrected chi connectivity index (χ4v) is 3.72. The lowest BCUT2D eigenvalue weighted by molar-refractivity contribution is -0.197. The van der Waals surface area contributed by atoms with Crippen molar-refractivity contribution in [3.63, 3.8) is 0 Å². The number of amides is 3. The van der Waals surface area contributed by atoms with Crippen LogP contribution in [0.15, 0.2) is 30.4 Å². The lowest BCUT2D eigenvalue weighted by Crippen LogP contribution is -2.33. The maximum atomic E-state index is 12.3. The number of carbonyl (C=O) groups excluding carboxylic acids is 4. The molecule has 1 heterocycles. The van der Waals surface area contributed by atoms with Gasteiger partial charge in [-0.2, -0.15) is 0 Å². The molecule has 0 saturated carbocycles.